The van der Waals surface area contributed by atoms with Gasteiger partial charge in [-0.2, -0.15) is 9.61 Å². The topological polar surface area (TPSA) is 78.2 Å². The first-order valence-corrected chi connectivity index (χ1v) is 10.5. The minimum absolute atomic E-state index is 0.156. The van der Waals surface area contributed by atoms with E-state index in [2.05, 4.69) is 28.8 Å². The number of methoxy groups -OCH3 is 3. The second-order valence-corrected chi connectivity index (χ2v) is 8.66. The third-order valence-corrected chi connectivity index (χ3v) is 5.36. The molecule has 0 unspecified atom stereocenters. The van der Waals surface area contributed by atoms with Crippen LogP contribution in [0.4, 0.5) is 0 Å². The Balaban J connectivity index is 1.91. The van der Waals surface area contributed by atoms with Crippen LogP contribution in [-0.4, -0.2) is 47.4 Å². The fraction of sp³-hybridized carbons (Fsp3) is 0.476. The van der Waals surface area contributed by atoms with Crippen molar-refractivity contribution in [2.75, 3.05) is 27.9 Å². The zero-order valence-corrected chi connectivity index (χ0v) is 19.1. The third kappa shape index (κ3) is 4.91. The highest BCUT2D eigenvalue weighted by Gasteiger charge is 2.17. The molecule has 0 amide bonds. The number of aromatic nitrogens is 3. The van der Waals surface area contributed by atoms with Gasteiger partial charge in [-0.3, -0.25) is 9.69 Å². The molecule has 0 aliphatic heterocycles. The maximum atomic E-state index is 12.4. The third-order valence-electron chi connectivity index (χ3n) is 4.54. The molecule has 0 spiro atoms. The van der Waals surface area contributed by atoms with Crippen LogP contribution in [0.25, 0.3) is 4.96 Å². The average molecular weight is 433 g/mol. The Morgan fingerprint density at radius 3 is 2.30 bits per heavy atom. The lowest BCUT2D eigenvalue weighted by Crippen LogP contribution is -2.28. The van der Waals surface area contributed by atoms with Crippen LogP contribution in [0.3, 0.4) is 0 Å². The summed E-state index contributed by atoms with van der Waals surface area (Å²) in [7, 11) is 4.81. The van der Waals surface area contributed by atoms with Crippen LogP contribution in [0.15, 0.2) is 23.0 Å². The standard InChI is InChI=1S/C21H28N4O4S/c1-13(2)10-24(11-15-7-17(27-4)20(29-6)18(8-15)28-5)12-16-9-19(26)25-21(22-16)30-14(3)23-25/h7-9,13H,10-12H2,1-6H3. The molecule has 0 atom stereocenters. The van der Waals surface area contributed by atoms with E-state index in [9.17, 15) is 4.79 Å². The maximum absolute atomic E-state index is 12.4. The smallest absolute Gasteiger partial charge is 0.275 e. The van der Waals surface area contributed by atoms with Crippen LogP contribution >= 0.6 is 11.3 Å². The van der Waals surface area contributed by atoms with Crippen molar-refractivity contribution >= 4 is 16.3 Å². The molecule has 0 saturated carbocycles. The predicted molar refractivity (Wildman–Crippen MR) is 117 cm³/mol. The summed E-state index contributed by atoms with van der Waals surface area (Å²) in [5, 5.41) is 5.02. The van der Waals surface area contributed by atoms with Crippen LogP contribution in [0, 0.1) is 12.8 Å². The van der Waals surface area contributed by atoms with Crippen molar-refractivity contribution in [3.05, 3.63) is 44.8 Å². The van der Waals surface area contributed by atoms with Gasteiger partial charge >= 0.3 is 0 Å². The van der Waals surface area contributed by atoms with Crippen molar-refractivity contribution in [3.63, 3.8) is 0 Å². The van der Waals surface area contributed by atoms with Gasteiger partial charge in [0.15, 0.2) is 11.5 Å². The monoisotopic (exact) mass is 432 g/mol. The second-order valence-electron chi connectivity index (χ2n) is 7.50. The highest BCUT2D eigenvalue weighted by Crippen LogP contribution is 2.38. The first kappa shape index (κ1) is 22.0. The molecule has 8 nitrogen and oxygen atoms in total. The Bertz CT molecular complexity index is 1050. The normalized spacial score (nSPS) is 11.5. The zero-order chi connectivity index (χ0) is 21.8. The van der Waals surface area contributed by atoms with Gasteiger partial charge in [0.2, 0.25) is 10.7 Å². The fourth-order valence-electron chi connectivity index (χ4n) is 3.45. The Hall–Kier alpha value is -2.65. The van der Waals surface area contributed by atoms with E-state index < -0.39 is 0 Å². The molecule has 0 radical (unpaired) electrons. The van der Waals surface area contributed by atoms with Gasteiger partial charge in [0.1, 0.15) is 5.01 Å². The minimum Gasteiger partial charge on any atom is -0.493 e. The molecule has 1 aromatic carbocycles. The Morgan fingerprint density at radius 1 is 1.07 bits per heavy atom. The van der Waals surface area contributed by atoms with Crippen LogP contribution in [0.5, 0.6) is 17.2 Å². The van der Waals surface area contributed by atoms with Gasteiger partial charge in [-0.25, -0.2) is 4.98 Å². The van der Waals surface area contributed by atoms with E-state index in [0.717, 1.165) is 22.8 Å². The van der Waals surface area contributed by atoms with E-state index in [1.165, 1.54) is 15.9 Å². The summed E-state index contributed by atoms with van der Waals surface area (Å²) < 4.78 is 17.7. The lowest BCUT2D eigenvalue weighted by molar-refractivity contribution is 0.224. The number of nitrogens with zero attached hydrogens (tertiary/aromatic N) is 4. The van der Waals surface area contributed by atoms with Crippen molar-refractivity contribution < 1.29 is 14.2 Å². The zero-order valence-electron chi connectivity index (χ0n) is 18.3. The van der Waals surface area contributed by atoms with E-state index in [1.807, 2.05) is 19.1 Å². The number of rotatable bonds is 9. The molecule has 30 heavy (non-hydrogen) atoms. The van der Waals surface area contributed by atoms with E-state index >= 15 is 0 Å². The summed E-state index contributed by atoms with van der Waals surface area (Å²) in [6.45, 7) is 8.25. The quantitative estimate of drug-likeness (QED) is 0.514. The first-order chi connectivity index (χ1) is 14.3. The van der Waals surface area contributed by atoms with Crippen molar-refractivity contribution in [3.8, 4) is 17.2 Å². The molecule has 162 valence electrons. The molecule has 0 bridgehead atoms. The molecule has 2 aromatic heterocycles. The van der Waals surface area contributed by atoms with Crippen molar-refractivity contribution in [1.29, 1.82) is 0 Å². The number of benzene rings is 1. The van der Waals surface area contributed by atoms with Gasteiger partial charge in [0.25, 0.3) is 5.56 Å². The van der Waals surface area contributed by atoms with Gasteiger partial charge < -0.3 is 14.2 Å². The minimum atomic E-state index is -0.156. The maximum Gasteiger partial charge on any atom is 0.275 e. The van der Waals surface area contributed by atoms with Crippen LogP contribution in [0.1, 0.15) is 30.1 Å². The van der Waals surface area contributed by atoms with Gasteiger partial charge in [-0.05, 0) is 30.5 Å². The highest BCUT2D eigenvalue weighted by atomic mass is 32.1. The van der Waals surface area contributed by atoms with Crippen molar-refractivity contribution in [2.24, 2.45) is 5.92 Å². The molecule has 0 aliphatic carbocycles. The van der Waals surface area contributed by atoms with Crippen molar-refractivity contribution in [2.45, 2.75) is 33.9 Å². The Kier molecular flexibility index (Phi) is 6.94. The van der Waals surface area contributed by atoms with Crippen molar-refractivity contribution in [1.82, 2.24) is 19.5 Å². The molecule has 2 heterocycles. The Labute approximate surface area is 180 Å². The lowest BCUT2D eigenvalue weighted by atomic mass is 10.1. The summed E-state index contributed by atoms with van der Waals surface area (Å²) >= 11 is 1.41. The number of aryl methyl sites for hydroxylation is 1. The summed E-state index contributed by atoms with van der Waals surface area (Å²) in [6, 6.07) is 5.47. The van der Waals surface area contributed by atoms with Crippen LogP contribution in [0.2, 0.25) is 0 Å². The average Bonchev–Trinajstić information content (AvgIpc) is 3.07. The van der Waals surface area contributed by atoms with E-state index in [-0.39, 0.29) is 5.56 Å². The second kappa shape index (κ2) is 9.44. The number of fused-ring (bicyclic) bond motifs is 1. The molecular formula is C21H28N4O4S. The largest absolute Gasteiger partial charge is 0.493 e. The number of hydrogen-bond acceptors (Lipinski definition) is 8. The highest BCUT2D eigenvalue weighted by molar-refractivity contribution is 7.16. The molecule has 9 heteroatoms. The molecule has 0 aliphatic rings. The van der Waals surface area contributed by atoms with E-state index in [4.69, 9.17) is 14.2 Å². The molecule has 0 N–H and O–H groups in total. The van der Waals surface area contributed by atoms with Crippen LogP contribution in [-0.2, 0) is 13.1 Å². The summed E-state index contributed by atoms with van der Waals surface area (Å²) in [5.41, 5.74) is 1.60. The van der Waals surface area contributed by atoms with Gasteiger partial charge in [-0.15, -0.1) is 0 Å². The number of hydrogen-bond donors (Lipinski definition) is 0. The fourth-order valence-corrected chi connectivity index (χ4v) is 4.22. The first-order valence-electron chi connectivity index (χ1n) is 9.72. The summed E-state index contributed by atoms with van der Waals surface area (Å²) in [6.07, 6.45) is 0. The van der Waals surface area contributed by atoms with E-state index in [0.29, 0.717) is 41.2 Å². The molecule has 3 rings (SSSR count). The number of ether oxygens (including phenoxy) is 3. The molecule has 0 saturated heterocycles. The van der Waals surface area contributed by atoms with Gasteiger partial charge in [0, 0.05) is 25.7 Å². The van der Waals surface area contributed by atoms with E-state index in [1.54, 1.807) is 27.4 Å². The van der Waals surface area contributed by atoms with Crippen LogP contribution < -0.4 is 19.8 Å². The van der Waals surface area contributed by atoms with Gasteiger partial charge in [-0.1, -0.05) is 25.2 Å². The van der Waals surface area contributed by atoms with Gasteiger partial charge in [0.05, 0.1) is 27.0 Å². The SMILES string of the molecule is COc1cc(CN(Cc2cc(=O)n3nc(C)sc3n2)CC(C)C)cc(OC)c1OC. The predicted octanol–water partition coefficient (Wildman–Crippen LogP) is 3.14. The molecule has 3 aromatic rings. The summed E-state index contributed by atoms with van der Waals surface area (Å²) in [4.78, 5) is 19.9. The summed E-state index contributed by atoms with van der Waals surface area (Å²) in [5.74, 6) is 2.26. The molecular weight excluding hydrogens is 404 g/mol. The lowest BCUT2D eigenvalue weighted by Gasteiger charge is -2.25. The molecule has 0 fully saturated rings. The Morgan fingerprint density at radius 2 is 1.73 bits per heavy atom.